The van der Waals surface area contributed by atoms with E-state index in [1.165, 1.54) is 12.1 Å². The van der Waals surface area contributed by atoms with Crippen LogP contribution in [0.15, 0.2) is 51.6 Å². The maximum absolute atomic E-state index is 11.0. The van der Waals surface area contributed by atoms with Crippen LogP contribution in [0.25, 0.3) is 33.9 Å². The smallest absolute Gasteiger partial charge is 0.335 e. The monoisotopic (exact) mass is 308 g/mol. The fourth-order valence-corrected chi connectivity index (χ4v) is 2.16. The number of aromatic nitrogens is 4. The first-order valence-electron chi connectivity index (χ1n) is 6.61. The van der Waals surface area contributed by atoms with E-state index in [1.807, 2.05) is 0 Å². The van der Waals surface area contributed by atoms with Gasteiger partial charge in [-0.05, 0) is 40.6 Å². The SMILES string of the molecule is O=C(O)c1cccc(-c2noc(-c3ccc4nonc4c3)n2)c1. The highest BCUT2D eigenvalue weighted by molar-refractivity contribution is 5.89. The molecule has 4 rings (SSSR count). The molecular formula is C15H8N4O4. The van der Waals surface area contributed by atoms with Gasteiger partial charge in [0.25, 0.3) is 5.89 Å². The van der Waals surface area contributed by atoms with Gasteiger partial charge in [-0.2, -0.15) is 4.98 Å². The highest BCUT2D eigenvalue weighted by Crippen LogP contribution is 2.24. The van der Waals surface area contributed by atoms with Crippen molar-refractivity contribution in [2.75, 3.05) is 0 Å². The molecule has 0 fully saturated rings. The molecule has 2 aromatic heterocycles. The molecule has 0 aliphatic carbocycles. The summed E-state index contributed by atoms with van der Waals surface area (Å²) >= 11 is 0. The molecule has 8 nitrogen and oxygen atoms in total. The average Bonchev–Trinajstić information content (AvgIpc) is 3.23. The van der Waals surface area contributed by atoms with E-state index in [0.717, 1.165) is 0 Å². The van der Waals surface area contributed by atoms with Crippen molar-refractivity contribution in [1.29, 1.82) is 0 Å². The van der Waals surface area contributed by atoms with Crippen LogP contribution in [0, 0.1) is 0 Å². The largest absolute Gasteiger partial charge is 0.478 e. The van der Waals surface area contributed by atoms with Gasteiger partial charge in [0.2, 0.25) is 5.82 Å². The van der Waals surface area contributed by atoms with Gasteiger partial charge in [-0.1, -0.05) is 17.3 Å². The normalized spacial score (nSPS) is 11.0. The average molecular weight is 308 g/mol. The summed E-state index contributed by atoms with van der Waals surface area (Å²) in [6.07, 6.45) is 0. The fourth-order valence-electron chi connectivity index (χ4n) is 2.16. The number of carbonyl (C=O) groups is 1. The second-order valence-electron chi connectivity index (χ2n) is 4.78. The molecule has 8 heteroatoms. The van der Waals surface area contributed by atoms with Crippen molar-refractivity contribution in [1.82, 2.24) is 20.5 Å². The Labute approximate surface area is 128 Å². The van der Waals surface area contributed by atoms with Crippen LogP contribution in [0.2, 0.25) is 0 Å². The molecule has 112 valence electrons. The van der Waals surface area contributed by atoms with Crippen molar-refractivity contribution >= 4 is 17.0 Å². The predicted molar refractivity (Wildman–Crippen MR) is 77.5 cm³/mol. The summed E-state index contributed by atoms with van der Waals surface area (Å²) in [5.74, 6) is -0.411. The maximum Gasteiger partial charge on any atom is 0.335 e. The van der Waals surface area contributed by atoms with Crippen molar-refractivity contribution in [2.24, 2.45) is 0 Å². The number of carboxylic acids is 1. The number of carboxylic acid groups (broad SMARTS) is 1. The lowest BCUT2D eigenvalue weighted by atomic mass is 10.1. The number of aromatic carboxylic acids is 1. The van der Waals surface area contributed by atoms with E-state index in [4.69, 9.17) is 9.63 Å². The van der Waals surface area contributed by atoms with Gasteiger partial charge in [-0.15, -0.1) is 0 Å². The molecule has 0 amide bonds. The number of hydrogen-bond donors (Lipinski definition) is 1. The van der Waals surface area contributed by atoms with Crippen LogP contribution in [0.5, 0.6) is 0 Å². The quantitative estimate of drug-likeness (QED) is 0.614. The predicted octanol–water partition coefficient (Wildman–Crippen LogP) is 2.64. The van der Waals surface area contributed by atoms with Gasteiger partial charge in [0.1, 0.15) is 11.0 Å². The summed E-state index contributed by atoms with van der Waals surface area (Å²) in [6.45, 7) is 0. The second kappa shape index (κ2) is 5.02. The number of hydrogen-bond acceptors (Lipinski definition) is 7. The van der Waals surface area contributed by atoms with Crippen LogP contribution in [-0.2, 0) is 0 Å². The van der Waals surface area contributed by atoms with Gasteiger partial charge < -0.3 is 9.63 Å². The molecule has 0 saturated heterocycles. The molecule has 2 heterocycles. The van der Waals surface area contributed by atoms with Gasteiger partial charge in [0.05, 0.1) is 5.56 Å². The number of benzene rings is 2. The van der Waals surface area contributed by atoms with Crippen LogP contribution >= 0.6 is 0 Å². The lowest BCUT2D eigenvalue weighted by molar-refractivity contribution is 0.0697. The molecule has 1 N–H and O–H groups in total. The molecule has 0 unspecified atom stereocenters. The lowest BCUT2D eigenvalue weighted by Crippen LogP contribution is -1.96. The van der Waals surface area contributed by atoms with Gasteiger partial charge in [0, 0.05) is 11.1 Å². The minimum atomic E-state index is -1.01. The van der Waals surface area contributed by atoms with Crippen LogP contribution in [0.3, 0.4) is 0 Å². The first-order valence-corrected chi connectivity index (χ1v) is 6.61. The lowest BCUT2D eigenvalue weighted by Gasteiger charge is -1.96. The van der Waals surface area contributed by atoms with Crippen molar-refractivity contribution in [2.45, 2.75) is 0 Å². The molecule has 0 bridgehead atoms. The summed E-state index contributed by atoms with van der Waals surface area (Å²) in [5.41, 5.74) is 2.59. The van der Waals surface area contributed by atoms with Crippen LogP contribution in [0.4, 0.5) is 0 Å². The van der Waals surface area contributed by atoms with Gasteiger partial charge in [-0.25, -0.2) is 9.42 Å². The Kier molecular flexibility index (Phi) is 2.87. The summed E-state index contributed by atoms with van der Waals surface area (Å²) < 4.78 is 9.89. The van der Waals surface area contributed by atoms with E-state index in [-0.39, 0.29) is 5.56 Å². The fraction of sp³-hybridized carbons (Fsp3) is 0. The number of fused-ring (bicyclic) bond motifs is 1. The third kappa shape index (κ3) is 2.31. The Hall–Kier alpha value is -3.55. The summed E-state index contributed by atoms with van der Waals surface area (Å²) in [7, 11) is 0. The van der Waals surface area contributed by atoms with Crippen molar-refractivity contribution in [3.8, 4) is 22.8 Å². The summed E-state index contributed by atoms with van der Waals surface area (Å²) in [4.78, 5) is 15.3. The van der Waals surface area contributed by atoms with Crippen molar-refractivity contribution in [3.05, 3.63) is 48.0 Å². The highest BCUT2D eigenvalue weighted by Gasteiger charge is 2.13. The van der Waals surface area contributed by atoms with Crippen molar-refractivity contribution in [3.63, 3.8) is 0 Å². The highest BCUT2D eigenvalue weighted by atomic mass is 16.6. The Morgan fingerprint density at radius 1 is 0.957 bits per heavy atom. The van der Waals surface area contributed by atoms with E-state index in [0.29, 0.717) is 33.9 Å². The Morgan fingerprint density at radius 2 is 1.83 bits per heavy atom. The minimum Gasteiger partial charge on any atom is -0.478 e. The van der Waals surface area contributed by atoms with E-state index in [2.05, 4.69) is 25.1 Å². The summed E-state index contributed by atoms with van der Waals surface area (Å²) in [5, 5.41) is 20.4. The Morgan fingerprint density at radius 3 is 2.70 bits per heavy atom. The van der Waals surface area contributed by atoms with E-state index < -0.39 is 5.97 Å². The zero-order chi connectivity index (χ0) is 15.8. The molecule has 0 radical (unpaired) electrons. The van der Waals surface area contributed by atoms with E-state index >= 15 is 0 Å². The van der Waals surface area contributed by atoms with E-state index in [1.54, 1.807) is 30.3 Å². The van der Waals surface area contributed by atoms with Gasteiger partial charge in [0.15, 0.2) is 0 Å². The topological polar surface area (TPSA) is 115 Å². The molecule has 0 saturated carbocycles. The number of rotatable bonds is 3. The zero-order valence-corrected chi connectivity index (χ0v) is 11.5. The van der Waals surface area contributed by atoms with Crippen LogP contribution in [0.1, 0.15) is 10.4 Å². The second-order valence-corrected chi connectivity index (χ2v) is 4.78. The molecule has 0 atom stereocenters. The third-order valence-corrected chi connectivity index (χ3v) is 3.29. The molecule has 0 aliphatic rings. The van der Waals surface area contributed by atoms with E-state index in [9.17, 15) is 4.79 Å². The third-order valence-electron chi connectivity index (χ3n) is 3.29. The van der Waals surface area contributed by atoms with Gasteiger partial charge in [-0.3, -0.25) is 0 Å². The maximum atomic E-state index is 11.0. The number of nitrogens with zero attached hydrogens (tertiary/aromatic N) is 4. The molecule has 0 spiro atoms. The summed E-state index contributed by atoms with van der Waals surface area (Å²) in [6, 6.07) is 11.5. The molecule has 23 heavy (non-hydrogen) atoms. The van der Waals surface area contributed by atoms with Crippen LogP contribution < -0.4 is 0 Å². The molecule has 0 aliphatic heterocycles. The van der Waals surface area contributed by atoms with Gasteiger partial charge >= 0.3 is 5.97 Å². The Bertz CT molecular complexity index is 1020. The molecule has 2 aromatic carbocycles. The minimum absolute atomic E-state index is 0.156. The zero-order valence-electron chi connectivity index (χ0n) is 11.5. The van der Waals surface area contributed by atoms with Crippen LogP contribution in [-0.4, -0.2) is 31.5 Å². The molecular weight excluding hydrogens is 300 g/mol. The first kappa shape index (κ1) is 13.1. The Balaban J connectivity index is 1.73. The first-order chi connectivity index (χ1) is 11.2. The molecule has 4 aromatic rings. The van der Waals surface area contributed by atoms with Crippen molar-refractivity contribution < 1.29 is 19.1 Å². The standard InChI is InChI=1S/C15H8N4O4/c20-15(21)10-3-1-2-8(6-10)13-16-14(22-19-13)9-4-5-11-12(7-9)18-23-17-11/h1-7H,(H,20,21).